The number of hydrogen-bond donors (Lipinski definition) is 1. The van der Waals surface area contributed by atoms with Crippen molar-refractivity contribution in [1.82, 2.24) is 4.98 Å². The Hall–Kier alpha value is -2.22. The zero-order valence-electron chi connectivity index (χ0n) is 15.6. The van der Waals surface area contributed by atoms with Gasteiger partial charge in [-0.05, 0) is 76.7 Å². The van der Waals surface area contributed by atoms with E-state index in [0.717, 1.165) is 48.1 Å². The van der Waals surface area contributed by atoms with Crippen molar-refractivity contribution in [1.29, 1.82) is 5.41 Å². The smallest absolute Gasteiger partial charge is 0.0612 e. The maximum Gasteiger partial charge on any atom is 0.0612 e. The van der Waals surface area contributed by atoms with E-state index in [0.29, 0.717) is 11.3 Å². The van der Waals surface area contributed by atoms with E-state index in [1.165, 1.54) is 11.1 Å². The number of nitrogens with zero attached hydrogens (tertiary/aromatic N) is 1. The van der Waals surface area contributed by atoms with Crippen molar-refractivity contribution in [3.05, 3.63) is 66.0 Å². The van der Waals surface area contributed by atoms with Crippen molar-refractivity contribution in [3.8, 4) is 0 Å². The Labute approximate surface area is 147 Å². The molecule has 1 aromatic rings. The first-order valence-corrected chi connectivity index (χ1v) is 8.44. The van der Waals surface area contributed by atoms with Gasteiger partial charge in [-0.2, -0.15) is 0 Å². The topological polar surface area (TPSA) is 36.7 Å². The monoisotopic (exact) mass is 322 g/mol. The molecule has 0 unspecified atom stereocenters. The van der Waals surface area contributed by atoms with E-state index in [1.807, 2.05) is 32.2 Å². The van der Waals surface area contributed by atoms with Crippen molar-refractivity contribution in [3.63, 3.8) is 0 Å². The average molecular weight is 322 g/mol. The highest BCUT2D eigenvalue weighted by Crippen LogP contribution is 2.22. The molecule has 0 fully saturated rings. The molecule has 128 valence electrons. The lowest BCUT2D eigenvalue weighted by Gasteiger charge is -2.11. The predicted molar refractivity (Wildman–Crippen MR) is 107 cm³/mol. The van der Waals surface area contributed by atoms with Gasteiger partial charge in [0.2, 0.25) is 0 Å². The molecule has 1 aromatic heterocycles. The second-order valence-corrected chi connectivity index (χ2v) is 6.68. The first kappa shape index (κ1) is 19.8. The molecule has 0 aliphatic rings. The van der Waals surface area contributed by atoms with E-state index in [2.05, 4.69) is 38.6 Å². The maximum absolute atomic E-state index is 8.35. The third-order valence-electron chi connectivity index (χ3n) is 4.05. The molecule has 0 radical (unpaired) electrons. The third-order valence-corrected chi connectivity index (χ3v) is 4.05. The Morgan fingerprint density at radius 1 is 1.12 bits per heavy atom. The van der Waals surface area contributed by atoms with Gasteiger partial charge in [0, 0.05) is 23.0 Å². The van der Waals surface area contributed by atoms with Crippen LogP contribution in [0.25, 0.3) is 11.1 Å². The van der Waals surface area contributed by atoms with Crippen LogP contribution < -0.4 is 0 Å². The summed E-state index contributed by atoms with van der Waals surface area (Å²) >= 11 is 0. The van der Waals surface area contributed by atoms with Gasteiger partial charge in [0.05, 0.1) is 5.71 Å². The van der Waals surface area contributed by atoms with Gasteiger partial charge in [-0.25, -0.2) is 0 Å². The van der Waals surface area contributed by atoms with Crippen molar-refractivity contribution >= 4 is 16.9 Å². The SMILES string of the molecule is C=C(C)CCCC/C(C)=C\C(=N)C(=C)c1cc(C(=C)C)cnc1C. The van der Waals surface area contributed by atoms with Crippen LogP contribution in [0.3, 0.4) is 0 Å². The average Bonchev–Trinajstić information content (AvgIpc) is 2.50. The van der Waals surface area contributed by atoms with Crippen LogP contribution in [-0.4, -0.2) is 10.7 Å². The van der Waals surface area contributed by atoms with Gasteiger partial charge in [-0.3, -0.25) is 4.98 Å². The Bertz CT molecular complexity index is 690. The van der Waals surface area contributed by atoms with Crippen molar-refractivity contribution in [2.45, 2.75) is 53.4 Å². The van der Waals surface area contributed by atoms with E-state index in [-0.39, 0.29) is 0 Å². The summed E-state index contributed by atoms with van der Waals surface area (Å²) in [5.74, 6) is 0. The van der Waals surface area contributed by atoms with E-state index in [9.17, 15) is 0 Å². The standard InChI is InChI=1S/C22H30N2/c1-15(2)10-8-9-11-17(5)12-22(23)18(6)21-13-20(16(3)4)14-24-19(21)7/h12-14,23H,1,3,6,8-11H2,2,4-5,7H3/b17-12-,23-22?. The van der Waals surface area contributed by atoms with Gasteiger partial charge in [0.1, 0.15) is 0 Å². The molecule has 2 nitrogen and oxygen atoms in total. The molecule has 2 heteroatoms. The molecule has 0 aliphatic heterocycles. The summed E-state index contributed by atoms with van der Waals surface area (Å²) in [6, 6.07) is 2.03. The summed E-state index contributed by atoms with van der Waals surface area (Å²) in [5.41, 5.74) is 7.38. The summed E-state index contributed by atoms with van der Waals surface area (Å²) in [5, 5.41) is 8.35. The first-order valence-electron chi connectivity index (χ1n) is 8.44. The molecule has 0 aromatic carbocycles. The van der Waals surface area contributed by atoms with Crippen LogP contribution in [0.5, 0.6) is 0 Å². The number of aryl methyl sites for hydroxylation is 1. The number of unbranched alkanes of at least 4 members (excludes halogenated alkanes) is 1. The highest BCUT2D eigenvalue weighted by molar-refractivity contribution is 6.27. The van der Waals surface area contributed by atoms with Crippen LogP contribution in [0.1, 0.15) is 63.3 Å². The Morgan fingerprint density at radius 3 is 2.33 bits per heavy atom. The number of allylic oxidation sites excluding steroid dienone is 5. The van der Waals surface area contributed by atoms with Gasteiger partial charge in [-0.1, -0.05) is 24.3 Å². The lowest BCUT2D eigenvalue weighted by Crippen LogP contribution is -2.01. The number of aromatic nitrogens is 1. The molecule has 0 saturated carbocycles. The molecule has 1 rings (SSSR count). The molecular weight excluding hydrogens is 292 g/mol. The highest BCUT2D eigenvalue weighted by atomic mass is 14.7. The van der Waals surface area contributed by atoms with Crippen LogP contribution in [0.15, 0.2) is 49.2 Å². The normalized spacial score (nSPS) is 11.2. The van der Waals surface area contributed by atoms with E-state index in [4.69, 9.17) is 5.41 Å². The van der Waals surface area contributed by atoms with Gasteiger partial charge in [0.15, 0.2) is 0 Å². The summed E-state index contributed by atoms with van der Waals surface area (Å²) < 4.78 is 0. The Balaban J connectivity index is 2.78. The van der Waals surface area contributed by atoms with Gasteiger partial charge in [-0.15, -0.1) is 6.58 Å². The van der Waals surface area contributed by atoms with Gasteiger partial charge < -0.3 is 5.41 Å². The van der Waals surface area contributed by atoms with Crippen LogP contribution in [-0.2, 0) is 0 Å². The molecule has 0 bridgehead atoms. The minimum Gasteiger partial charge on any atom is -0.300 e. The van der Waals surface area contributed by atoms with Crippen molar-refractivity contribution < 1.29 is 0 Å². The highest BCUT2D eigenvalue weighted by Gasteiger charge is 2.10. The molecule has 1 heterocycles. The maximum atomic E-state index is 8.35. The van der Waals surface area contributed by atoms with Gasteiger partial charge in [0.25, 0.3) is 0 Å². The number of pyridine rings is 1. The quantitative estimate of drug-likeness (QED) is 0.313. The molecular formula is C22H30N2. The Kier molecular flexibility index (Phi) is 7.57. The van der Waals surface area contributed by atoms with E-state index in [1.54, 1.807) is 0 Å². The van der Waals surface area contributed by atoms with E-state index >= 15 is 0 Å². The fraction of sp³-hybridized carbons (Fsp3) is 0.364. The number of hydrogen-bond acceptors (Lipinski definition) is 2. The molecule has 0 saturated heterocycles. The zero-order chi connectivity index (χ0) is 18.3. The summed E-state index contributed by atoms with van der Waals surface area (Å²) in [4.78, 5) is 4.41. The second-order valence-electron chi connectivity index (χ2n) is 6.68. The van der Waals surface area contributed by atoms with Crippen LogP contribution in [0.4, 0.5) is 0 Å². The van der Waals surface area contributed by atoms with Crippen LogP contribution in [0.2, 0.25) is 0 Å². The fourth-order valence-electron chi connectivity index (χ4n) is 2.45. The predicted octanol–water partition coefficient (Wildman–Crippen LogP) is 6.54. The lowest BCUT2D eigenvalue weighted by molar-refractivity contribution is 0.726. The summed E-state index contributed by atoms with van der Waals surface area (Å²) in [6.07, 6.45) is 8.11. The first-order chi connectivity index (χ1) is 11.2. The fourth-order valence-corrected chi connectivity index (χ4v) is 2.45. The summed E-state index contributed by atoms with van der Waals surface area (Å²) in [6.45, 7) is 20.1. The molecule has 0 aliphatic carbocycles. The minimum absolute atomic E-state index is 0.455. The molecule has 0 amide bonds. The summed E-state index contributed by atoms with van der Waals surface area (Å²) in [7, 11) is 0. The van der Waals surface area contributed by atoms with E-state index < -0.39 is 0 Å². The lowest BCUT2D eigenvalue weighted by atomic mass is 9.96. The number of rotatable bonds is 9. The van der Waals surface area contributed by atoms with Gasteiger partial charge >= 0.3 is 0 Å². The minimum atomic E-state index is 0.455. The Morgan fingerprint density at radius 2 is 1.75 bits per heavy atom. The molecule has 0 spiro atoms. The third kappa shape index (κ3) is 6.11. The number of nitrogens with one attached hydrogen (secondary N) is 1. The van der Waals surface area contributed by atoms with Crippen LogP contribution in [0, 0.1) is 12.3 Å². The second kappa shape index (κ2) is 9.17. The zero-order valence-corrected chi connectivity index (χ0v) is 15.6. The van der Waals surface area contributed by atoms with Crippen molar-refractivity contribution in [2.24, 2.45) is 0 Å². The van der Waals surface area contributed by atoms with Crippen molar-refractivity contribution in [2.75, 3.05) is 0 Å². The van der Waals surface area contributed by atoms with Crippen LogP contribution >= 0.6 is 0 Å². The largest absolute Gasteiger partial charge is 0.300 e. The molecule has 0 atom stereocenters. The molecule has 24 heavy (non-hydrogen) atoms. The molecule has 1 N–H and O–H groups in total.